The summed E-state index contributed by atoms with van der Waals surface area (Å²) in [7, 11) is 0. The average Bonchev–Trinajstić information content (AvgIpc) is 2.66. The number of guanidine groups is 1. The maximum atomic E-state index is 11.3. The normalized spacial score (nSPS) is 12.0. The Bertz CT molecular complexity index is 378. The molecule has 0 aliphatic carbocycles. The van der Waals surface area contributed by atoms with E-state index in [2.05, 4.69) is 17.6 Å². The molecule has 28 heavy (non-hydrogen) atoms. The van der Waals surface area contributed by atoms with Crippen molar-refractivity contribution in [3.05, 3.63) is 0 Å². The summed E-state index contributed by atoms with van der Waals surface area (Å²) >= 11 is 0. The predicted octanol–water partition coefficient (Wildman–Crippen LogP) is 4.77. The summed E-state index contributed by atoms with van der Waals surface area (Å²) < 4.78 is 0. The molecule has 0 aromatic carbocycles. The highest BCUT2D eigenvalue weighted by Crippen LogP contribution is 2.12. The fraction of sp³-hybridized carbons (Fsp3) is 0.909. The molecule has 166 valence electrons. The largest absolute Gasteiger partial charge is 0.480 e. The van der Waals surface area contributed by atoms with Crippen LogP contribution in [0.4, 0.5) is 0 Å². The molecule has 0 saturated heterocycles. The Morgan fingerprint density at radius 3 is 1.71 bits per heavy atom. The first-order valence-corrected chi connectivity index (χ1v) is 11.6. The molecule has 0 bridgehead atoms. The van der Waals surface area contributed by atoms with Crippen molar-refractivity contribution in [3.8, 4) is 0 Å². The number of unbranched alkanes of at least 4 members (excludes halogenated alkanes) is 13. The average molecular weight is 399 g/mol. The number of nitrogens with one attached hydrogen (secondary N) is 3. The molecule has 1 atom stereocenters. The van der Waals surface area contributed by atoms with Crippen molar-refractivity contribution in [2.75, 3.05) is 13.1 Å². The molecule has 0 rings (SSSR count). The van der Waals surface area contributed by atoms with E-state index in [1.54, 1.807) is 0 Å². The van der Waals surface area contributed by atoms with Crippen LogP contribution in [0.5, 0.6) is 0 Å². The third-order valence-corrected chi connectivity index (χ3v) is 5.20. The van der Waals surface area contributed by atoms with Gasteiger partial charge in [-0.3, -0.25) is 10.2 Å². The number of carbonyl (C=O) groups is 1. The molecule has 0 fully saturated rings. The summed E-state index contributed by atoms with van der Waals surface area (Å²) in [5, 5.41) is 22.2. The van der Waals surface area contributed by atoms with Crippen LogP contribution in [0, 0.1) is 5.41 Å². The minimum atomic E-state index is -0.798. The van der Waals surface area contributed by atoms with E-state index in [-0.39, 0.29) is 5.96 Å². The van der Waals surface area contributed by atoms with Crippen LogP contribution in [0.2, 0.25) is 0 Å². The lowest BCUT2D eigenvalue weighted by atomic mass is 10.0. The van der Waals surface area contributed by atoms with Gasteiger partial charge in [0, 0.05) is 6.54 Å². The van der Waals surface area contributed by atoms with Gasteiger partial charge in [-0.1, -0.05) is 90.4 Å². The van der Waals surface area contributed by atoms with Crippen molar-refractivity contribution in [3.63, 3.8) is 0 Å². The number of carboxylic acid groups (broad SMARTS) is 1. The molecule has 0 aromatic heterocycles. The third-order valence-electron chi connectivity index (χ3n) is 5.20. The van der Waals surface area contributed by atoms with E-state index in [1.807, 2.05) is 0 Å². The van der Waals surface area contributed by atoms with E-state index in [9.17, 15) is 9.90 Å². The first kappa shape index (κ1) is 26.7. The highest BCUT2D eigenvalue weighted by Gasteiger charge is 2.15. The summed E-state index contributed by atoms with van der Waals surface area (Å²) in [4.78, 5) is 11.3. The van der Waals surface area contributed by atoms with Crippen molar-refractivity contribution >= 4 is 11.9 Å². The smallest absolute Gasteiger partial charge is 0.320 e. The van der Waals surface area contributed by atoms with Gasteiger partial charge in [0.1, 0.15) is 6.04 Å². The number of rotatable bonds is 21. The van der Waals surface area contributed by atoms with Gasteiger partial charge in [-0.25, -0.2) is 0 Å². The second-order valence-corrected chi connectivity index (χ2v) is 7.92. The fourth-order valence-electron chi connectivity index (χ4n) is 3.44. The Balaban J connectivity index is 3.37. The summed E-state index contributed by atoms with van der Waals surface area (Å²) in [5.41, 5.74) is 5.21. The lowest BCUT2D eigenvalue weighted by molar-refractivity contribution is -0.139. The second kappa shape index (κ2) is 20.4. The van der Waals surface area contributed by atoms with Crippen molar-refractivity contribution in [2.24, 2.45) is 5.73 Å². The second-order valence-electron chi connectivity index (χ2n) is 7.92. The SMILES string of the molecule is CCCCCCCCCCCCCCCCNC(CCCNC(=N)N)C(=O)O. The molecule has 0 aromatic rings. The fourth-order valence-corrected chi connectivity index (χ4v) is 3.44. The van der Waals surface area contributed by atoms with Crippen molar-refractivity contribution < 1.29 is 9.90 Å². The molecule has 0 radical (unpaired) electrons. The molecule has 0 spiro atoms. The van der Waals surface area contributed by atoms with E-state index in [0.29, 0.717) is 19.4 Å². The number of hydrogen-bond acceptors (Lipinski definition) is 3. The molecular weight excluding hydrogens is 352 g/mol. The Kier molecular flexibility index (Phi) is 19.5. The minimum Gasteiger partial charge on any atom is -0.480 e. The molecule has 6 nitrogen and oxygen atoms in total. The number of aliphatic carboxylic acids is 1. The molecule has 0 saturated carbocycles. The first-order chi connectivity index (χ1) is 13.6. The molecular formula is C22H46N4O2. The van der Waals surface area contributed by atoms with Crippen molar-refractivity contribution in [1.82, 2.24) is 10.6 Å². The van der Waals surface area contributed by atoms with Crippen LogP contribution in [0.1, 0.15) is 110 Å². The van der Waals surface area contributed by atoms with Gasteiger partial charge in [0.2, 0.25) is 0 Å². The van der Waals surface area contributed by atoms with Crippen LogP contribution >= 0.6 is 0 Å². The first-order valence-electron chi connectivity index (χ1n) is 11.6. The van der Waals surface area contributed by atoms with E-state index in [1.165, 1.54) is 83.5 Å². The van der Waals surface area contributed by atoms with Gasteiger partial charge in [-0.15, -0.1) is 0 Å². The zero-order valence-electron chi connectivity index (χ0n) is 18.2. The Morgan fingerprint density at radius 2 is 1.29 bits per heavy atom. The van der Waals surface area contributed by atoms with Crippen molar-refractivity contribution in [1.29, 1.82) is 5.41 Å². The van der Waals surface area contributed by atoms with Crippen molar-refractivity contribution in [2.45, 2.75) is 116 Å². The summed E-state index contributed by atoms with van der Waals surface area (Å²) in [6.07, 6.45) is 19.8. The number of nitrogens with two attached hydrogens (primary N) is 1. The molecule has 0 aliphatic rings. The van der Waals surface area contributed by atoms with E-state index >= 15 is 0 Å². The van der Waals surface area contributed by atoms with Crippen LogP contribution in [-0.2, 0) is 4.79 Å². The van der Waals surface area contributed by atoms with Gasteiger partial charge in [-0.2, -0.15) is 0 Å². The molecule has 0 aliphatic heterocycles. The summed E-state index contributed by atoms with van der Waals surface area (Å²) in [6.45, 7) is 3.57. The predicted molar refractivity (Wildman–Crippen MR) is 119 cm³/mol. The van der Waals surface area contributed by atoms with Gasteiger partial charge in [0.05, 0.1) is 0 Å². The molecule has 6 N–H and O–H groups in total. The minimum absolute atomic E-state index is 0.0674. The lowest BCUT2D eigenvalue weighted by Crippen LogP contribution is -2.38. The highest BCUT2D eigenvalue weighted by molar-refractivity contribution is 5.74. The maximum Gasteiger partial charge on any atom is 0.320 e. The number of carboxylic acids is 1. The van der Waals surface area contributed by atoms with Gasteiger partial charge in [0.25, 0.3) is 0 Å². The van der Waals surface area contributed by atoms with Gasteiger partial charge in [0.15, 0.2) is 5.96 Å². The standard InChI is InChI=1S/C22H46N4O2/c1-2-3-4-5-6-7-8-9-10-11-12-13-14-15-18-25-20(21(27)28)17-16-19-26-22(23)24/h20,25H,2-19H2,1H3,(H,27,28)(H4,23,24,26). The van der Waals surface area contributed by atoms with Crippen LogP contribution < -0.4 is 16.4 Å². The third kappa shape index (κ3) is 19.5. The molecule has 0 amide bonds. The van der Waals surface area contributed by atoms with E-state index < -0.39 is 12.0 Å². The zero-order valence-corrected chi connectivity index (χ0v) is 18.2. The summed E-state index contributed by atoms with van der Waals surface area (Å²) in [6, 6.07) is -0.504. The van der Waals surface area contributed by atoms with Crippen LogP contribution in [-0.4, -0.2) is 36.2 Å². The van der Waals surface area contributed by atoms with Gasteiger partial charge in [-0.05, 0) is 25.8 Å². The summed E-state index contributed by atoms with van der Waals surface area (Å²) in [5.74, 6) is -0.865. The molecule has 1 unspecified atom stereocenters. The number of hydrogen-bond donors (Lipinski definition) is 5. The van der Waals surface area contributed by atoms with E-state index in [4.69, 9.17) is 11.1 Å². The highest BCUT2D eigenvalue weighted by atomic mass is 16.4. The Labute approximate surface area is 172 Å². The quantitative estimate of drug-likeness (QED) is 0.109. The van der Waals surface area contributed by atoms with Crippen LogP contribution in [0.3, 0.4) is 0 Å². The van der Waals surface area contributed by atoms with Gasteiger partial charge < -0.3 is 21.5 Å². The monoisotopic (exact) mass is 398 g/mol. The lowest BCUT2D eigenvalue weighted by Gasteiger charge is -2.14. The molecule has 6 heteroatoms. The van der Waals surface area contributed by atoms with Crippen LogP contribution in [0.15, 0.2) is 0 Å². The Morgan fingerprint density at radius 1 is 0.821 bits per heavy atom. The molecule has 0 heterocycles. The van der Waals surface area contributed by atoms with E-state index in [0.717, 1.165) is 13.0 Å². The maximum absolute atomic E-state index is 11.3. The van der Waals surface area contributed by atoms with Gasteiger partial charge >= 0.3 is 5.97 Å². The zero-order chi connectivity index (χ0) is 20.9. The topological polar surface area (TPSA) is 111 Å². The Hall–Kier alpha value is -1.30. The van der Waals surface area contributed by atoms with Crippen LogP contribution in [0.25, 0.3) is 0 Å².